The molecule has 64 valence electrons. The highest BCUT2D eigenvalue weighted by Gasteiger charge is 2.35. The number of carbonyl (C=O) groups is 1. The fraction of sp³-hybridized carbons (Fsp3) is 0.857. The first-order valence-corrected chi connectivity index (χ1v) is 3.86. The smallest absolute Gasteiger partial charge is 0.223 e. The topological polar surface area (TPSA) is 41.1 Å². The minimum absolute atomic E-state index is 0. The third-order valence-electron chi connectivity index (χ3n) is 2.48. The van der Waals surface area contributed by atoms with Gasteiger partial charge in [0.05, 0.1) is 0 Å². The zero-order valence-corrected chi connectivity index (χ0v) is 7.12. The monoisotopic (exact) mass is 176 g/mol. The molecule has 0 saturated carbocycles. The van der Waals surface area contributed by atoms with Gasteiger partial charge in [-0.2, -0.15) is 0 Å². The Labute approximate surface area is 72.3 Å². The molecule has 2 fully saturated rings. The van der Waals surface area contributed by atoms with Gasteiger partial charge in [-0.15, -0.1) is 12.4 Å². The van der Waals surface area contributed by atoms with Crippen LogP contribution in [0.2, 0.25) is 0 Å². The minimum atomic E-state index is 0. The van der Waals surface area contributed by atoms with Gasteiger partial charge in [-0.25, -0.2) is 0 Å². The summed E-state index contributed by atoms with van der Waals surface area (Å²) < 4.78 is 0. The zero-order valence-electron chi connectivity index (χ0n) is 6.30. The highest BCUT2D eigenvalue weighted by atomic mass is 35.5. The largest absolute Gasteiger partial charge is 0.355 e. The van der Waals surface area contributed by atoms with Crippen LogP contribution in [0.1, 0.15) is 6.42 Å². The molecule has 2 rings (SSSR count). The second-order valence-corrected chi connectivity index (χ2v) is 3.10. The third kappa shape index (κ3) is 1.49. The molecule has 2 saturated heterocycles. The summed E-state index contributed by atoms with van der Waals surface area (Å²) in [6.45, 7) is 2.91. The highest BCUT2D eigenvalue weighted by Crippen LogP contribution is 2.22. The maximum Gasteiger partial charge on any atom is 0.223 e. The Morgan fingerprint density at radius 1 is 1.36 bits per heavy atom. The van der Waals surface area contributed by atoms with E-state index in [9.17, 15) is 4.79 Å². The van der Waals surface area contributed by atoms with Crippen LogP contribution in [0, 0.1) is 11.8 Å². The molecule has 1 amide bonds. The van der Waals surface area contributed by atoms with Gasteiger partial charge in [-0.1, -0.05) is 0 Å². The second kappa shape index (κ2) is 3.41. The summed E-state index contributed by atoms with van der Waals surface area (Å²) in [4.78, 5) is 11.1. The molecule has 4 heteroatoms. The molecular formula is C7H13ClN2O. The molecule has 0 aliphatic carbocycles. The molecule has 2 N–H and O–H groups in total. The van der Waals surface area contributed by atoms with E-state index >= 15 is 0 Å². The zero-order chi connectivity index (χ0) is 6.97. The van der Waals surface area contributed by atoms with Crippen molar-refractivity contribution >= 4 is 18.3 Å². The third-order valence-corrected chi connectivity index (χ3v) is 2.48. The molecule has 0 radical (unpaired) electrons. The molecule has 3 nitrogen and oxygen atoms in total. The SMILES string of the molecule is Cl.O=C1NC[C@H]2CNCC[C@@H]12. The molecule has 0 bridgehead atoms. The number of rotatable bonds is 0. The fourth-order valence-electron chi connectivity index (χ4n) is 1.85. The van der Waals surface area contributed by atoms with Gasteiger partial charge in [-0.3, -0.25) is 4.79 Å². The minimum Gasteiger partial charge on any atom is -0.355 e. The van der Waals surface area contributed by atoms with Crippen molar-refractivity contribution in [3.05, 3.63) is 0 Å². The Morgan fingerprint density at radius 3 is 2.91 bits per heavy atom. The molecule has 11 heavy (non-hydrogen) atoms. The quantitative estimate of drug-likeness (QED) is 0.535. The Balaban J connectivity index is 0.000000605. The summed E-state index contributed by atoms with van der Waals surface area (Å²) >= 11 is 0. The number of fused-ring (bicyclic) bond motifs is 1. The Bertz CT molecular complexity index is 163. The standard InChI is InChI=1S/C7H12N2O.ClH/c10-7-6-1-2-8-3-5(6)4-9-7;/h5-6,8H,1-4H2,(H,9,10);1H/t5-,6-;/m1./s1. The predicted molar refractivity (Wildman–Crippen MR) is 44.7 cm³/mol. The van der Waals surface area contributed by atoms with Gasteiger partial charge in [0.1, 0.15) is 0 Å². The number of hydrogen-bond acceptors (Lipinski definition) is 2. The van der Waals surface area contributed by atoms with Crippen LogP contribution in [-0.2, 0) is 4.79 Å². The van der Waals surface area contributed by atoms with E-state index in [0.29, 0.717) is 11.8 Å². The normalized spacial score (nSPS) is 35.5. The van der Waals surface area contributed by atoms with Crippen LogP contribution in [0.3, 0.4) is 0 Å². The summed E-state index contributed by atoms with van der Waals surface area (Å²) in [6.07, 6.45) is 1.02. The number of halogens is 1. The van der Waals surface area contributed by atoms with E-state index in [-0.39, 0.29) is 18.3 Å². The van der Waals surface area contributed by atoms with E-state index in [1.54, 1.807) is 0 Å². The number of hydrogen-bond donors (Lipinski definition) is 2. The van der Waals surface area contributed by atoms with Crippen LogP contribution in [0.4, 0.5) is 0 Å². The van der Waals surface area contributed by atoms with E-state index in [0.717, 1.165) is 26.1 Å². The first kappa shape index (κ1) is 8.81. The van der Waals surface area contributed by atoms with E-state index in [1.807, 2.05) is 0 Å². The van der Waals surface area contributed by atoms with Gasteiger partial charge in [-0.05, 0) is 13.0 Å². The van der Waals surface area contributed by atoms with Crippen molar-refractivity contribution in [2.45, 2.75) is 6.42 Å². The van der Waals surface area contributed by atoms with Crippen molar-refractivity contribution in [2.24, 2.45) is 11.8 Å². The van der Waals surface area contributed by atoms with E-state index in [2.05, 4.69) is 10.6 Å². The fourth-order valence-corrected chi connectivity index (χ4v) is 1.85. The Morgan fingerprint density at radius 2 is 2.18 bits per heavy atom. The van der Waals surface area contributed by atoms with Crippen LogP contribution in [0.15, 0.2) is 0 Å². The lowest BCUT2D eigenvalue weighted by Gasteiger charge is -2.22. The average Bonchev–Trinajstić information content (AvgIpc) is 2.34. The summed E-state index contributed by atoms with van der Waals surface area (Å²) in [5, 5.41) is 6.17. The molecule has 0 unspecified atom stereocenters. The van der Waals surface area contributed by atoms with Gasteiger partial charge >= 0.3 is 0 Å². The molecule has 2 heterocycles. The first-order chi connectivity index (χ1) is 4.88. The maximum atomic E-state index is 11.1. The van der Waals surface area contributed by atoms with Crippen molar-refractivity contribution in [3.63, 3.8) is 0 Å². The van der Waals surface area contributed by atoms with Crippen LogP contribution in [0.25, 0.3) is 0 Å². The molecule has 2 aliphatic rings. The number of amides is 1. The van der Waals surface area contributed by atoms with E-state index in [1.165, 1.54) is 0 Å². The van der Waals surface area contributed by atoms with Crippen molar-refractivity contribution in [3.8, 4) is 0 Å². The van der Waals surface area contributed by atoms with Crippen molar-refractivity contribution in [1.82, 2.24) is 10.6 Å². The summed E-state index contributed by atoms with van der Waals surface area (Å²) in [7, 11) is 0. The lowest BCUT2D eigenvalue weighted by atomic mass is 9.89. The molecule has 0 aromatic heterocycles. The van der Waals surface area contributed by atoms with Crippen molar-refractivity contribution in [2.75, 3.05) is 19.6 Å². The predicted octanol–water partition coefficient (Wildman–Crippen LogP) is -0.236. The lowest BCUT2D eigenvalue weighted by Crippen LogP contribution is -2.36. The van der Waals surface area contributed by atoms with Crippen molar-refractivity contribution < 1.29 is 4.79 Å². The molecule has 0 aromatic rings. The van der Waals surface area contributed by atoms with E-state index < -0.39 is 0 Å². The van der Waals surface area contributed by atoms with Gasteiger partial charge in [0.25, 0.3) is 0 Å². The average molecular weight is 177 g/mol. The molecule has 0 aromatic carbocycles. The van der Waals surface area contributed by atoms with Crippen LogP contribution in [-0.4, -0.2) is 25.5 Å². The summed E-state index contributed by atoms with van der Waals surface area (Å²) in [5.74, 6) is 1.16. The summed E-state index contributed by atoms with van der Waals surface area (Å²) in [5.41, 5.74) is 0. The van der Waals surface area contributed by atoms with Crippen LogP contribution >= 0.6 is 12.4 Å². The number of nitrogens with one attached hydrogen (secondary N) is 2. The lowest BCUT2D eigenvalue weighted by molar-refractivity contribution is -0.123. The molecule has 0 spiro atoms. The highest BCUT2D eigenvalue weighted by molar-refractivity contribution is 5.85. The summed E-state index contributed by atoms with van der Waals surface area (Å²) in [6, 6.07) is 0. The number of carbonyl (C=O) groups excluding carboxylic acids is 1. The van der Waals surface area contributed by atoms with Crippen LogP contribution in [0.5, 0.6) is 0 Å². The second-order valence-electron chi connectivity index (χ2n) is 3.10. The van der Waals surface area contributed by atoms with E-state index in [4.69, 9.17) is 0 Å². The number of piperidine rings is 1. The van der Waals surface area contributed by atoms with Gasteiger partial charge < -0.3 is 10.6 Å². The molecule has 2 atom stereocenters. The Hall–Kier alpha value is -0.280. The maximum absolute atomic E-state index is 11.1. The van der Waals surface area contributed by atoms with Gasteiger partial charge in [0.15, 0.2) is 0 Å². The van der Waals surface area contributed by atoms with Crippen molar-refractivity contribution in [1.29, 1.82) is 0 Å². The van der Waals surface area contributed by atoms with Crippen LogP contribution < -0.4 is 10.6 Å². The molecular weight excluding hydrogens is 164 g/mol. The van der Waals surface area contributed by atoms with Gasteiger partial charge in [0, 0.05) is 24.9 Å². The van der Waals surface area contributed by atoms with Gasteiger partial charge in [0.2, 0.25) is 5.91 Å². The first-order valence-electron chi connectivity index (χ1n) is 3.86. The Kier molecular flexibility index (Phi) is 2.73. The molecule has 2 aliphatic heterocycles.